The molecule has 0 spiro atoms. The standard InChI is InChI=1S/C12H12ClFN2O2/c13-9-3-1-2-8(12(9)14)7-16-5-4-10(17)15-6-11(16)18/h1-3H,4-7H2,(H,15,17). The summed E-state index contributed by atoms with van der Waals surface area (Å²) < 4.78 is 13.7. The van der Waals surface area contributed by atoms with Crippen LogP contribution in [0.4, 0.5) is 4.39 Å². The minimum absolute atomic E-state index is 0.0315. The molecule has 1 aromatic carbocycles. The van der Waals surface area contributed by atoms with Crippen LogP contribution in [0, 0.1) is 5.82 Å². The number of carbonyl (C=O) groups is 2. The molecule has 0 aliphatic carbocycles. The van der Waals surface area contributed by atoms with Crippen molar-refractivity contribution in [2.24, 2.45) is 0 Å². The molecule has 0 aromatic heterocycles. The van der Waals surface area contributed by atoms with Gasteiger partial charge in [0.05, 0.1) is 11.6 Å². The molecular formula is C12H12ClFN2O2. The molecule has 1 N–H and O–H groups in total. The van der Waals surface area contributed by atoms with E-state index in [1.807, 2.05) is 0 Å². The van der Waals surface area contributed by atoms with Gasteiger partial charge in [0, 0.05) is 25.1 Å². The lowest BCUT2D eigenvalue weighted by molar-refractivity contribution is -0.130. The molecule has 1 aliphatic heterocycles. The van der Waals surface area contributed by atoms with Gasteiger partial charge in [0.1, 0.15) is 5.82 Å². The van der Waals surface area contributed by atoms with E-state index < -0.39 is 5.82 Å². The number of carbonyl (C=O) groups excluding carboxylic acids is 2. The Kier molecular flexibility index (Phi) is 3.81. The van der Waals surface area contributed by atoms with E-state index in [0.29, 0.717) is 5.56 Å². The summed E-state index contributed by atoms with van der Waals surface area (Å²) in [6.45, 7) is 0.373. The maximum Gasteiger partial charge on any atom is 0.242 e. The van der Waals surface area contributed by atoms with Crippen LogP contribution in [0.5, 0.6) is 0 Å². The Morgan fingerprint density at radius 3 is 2.94 bits per heavy atom. The Bertz CT molecular complexity index is 493. The average Bonchev–Trinajstić information content (AvgIpc) is 2.50. The molecule has 2 amide bonds. The van der Waals surface area contributed by atoms with Crippen LogP contribution in [0.25, 0.3) is 0 Å². The van der Waals surface area contributed by atoms with Gasteiger partial charge in [-0.15, -0.1) is 0 Å². The van der Waals surface area contributed by atoms with E-state index in [4.69, 9.17) is 11.6 Å². The molecule has 6 heteroatoms. The molecule has 1 fully saturated rings. The van der Waals surface area contributed by atoms with Crippen molar-refractivity contribution >= 4 is 23.4 Å². The summed E-state index contributed by atoms with van der Waals surface area (Å²) in [7, 11) is 0. The van der Waals surface area contributed by atoms with Crippen molar-refractivity contribution in [1.29, 1.82) is 0 Å². The second-order valence-corrected chi connectivity index (χ2v) is 4.46. The summed E-state index contributed by atoms with van der Waals surface area (Å²) in [4.78, 5) is 24.3. The lowest BCUT2D eigenvalue weighted by Gasteiger charge is -2.20. The first kappa shape index (κ1) is 12.8. The Morgan fingerprint density at radius 1 is 1.39 bits per heavy atom. The highest BCUT2D eigenvalue weighted by Crippen LogP contribution is 2.19. The molecule has 4 nitrogen and oxygen atoms in total. The Hall–Kier alpha value is -1.62. The zero-order chi connectivity index (χ0) is 13.1. The lowest BCUT2D eigenvalue weighted by atomic mass is 10.2. The monoisotopic (exact) mass is 270 g/mol. The normalized spacial score (nSPS) is 16.4. The number of rotatable bonds is 2. The zero-order valence-corrected chi connectivity index (χ0v) is 10.3. The van der Waals surface area contributed by atoms with Crippen LogP contribution >= 0.6 is 11.6 Å². The molecule has 0 saturated carbocycles. The SMILES string of the molecule is O=C1CCN(Cc2cccc(Cl)c2F)C(=O)CN1. The third-order valence-corrected chi connectivity index (χ3v) is 3.08. The van der Waals surface area contributed by atoms with Crippen molar-refractivity contribution in [3.63, 3.8) is 0 Å². The quantitative estimate of drug-likeness (QED) is 0.881. The van der Waals surface area contributed by atoms with Crippen LogP contribution in [0.2, 0.25) is 5.02 Å². The van der Waals surface area contributed by atoms with Gasteiger partial charge in [-0.1, -0.05) is 23.7 Å². The van der Waals surface area contributed by atoms with E-state index in [1.165, 1.54) is 11.0 Å². The molecule has 0 unspecified atom stereocenters. The predicted molar refractivity (Wildman–Crippen MR) is 64.5 cm³/mol. The minimum atomic E-state index is -0.518. The van der Waals surface area contributed by atoms with E-state index in [9.17, 15) is 14.0 Å². The van der Waals surface area contributed by atoms with Crippen molar-refractivity contribution in [2.45, 2.75) is 13.0 Å². The van der Waals surface area contributed by atoms with Crippen molar-refractivity contribution in [1.82, 2.24) is 10.2 Å². The predicted octanol–water partition coefficient (Wildman–Crippen LogP) is 1.33. The average molecular weight is 271 g/mol. The smallest absolute Gasteiger partial charge is 0.242 e. The topological polar surface area (TPSA) is 49.4 Å². The molecule has 18 heavy (non-hydrogen) atoms. The lowest BCUT2D eigenvalue weighted by Crippen LogP contribution is -2.34. The number of benzene rings is 1. The molecule has 1 saturated heterocycles. The van der Waals surface area contributed by atoms with Gasteiger partial charge in [-0.05, 0) is 6.07 Å². The van der Waals surface area contributed by atoms with Crippen LogP contribution in [-0.4, -0.2) is 29.8 Å². The highest BCUT2D eigenvalue weighted by Gasteiger charge is 2.21. The van der Waals surface area contributed by atoms with E-state index in [0.717, 1.165) is 0 Å². The highest BCUT2D eigenvalue weighted by molar-refractivity contribution is 6.30. The molecule has 1 aromatic rings. The second kappa shape index (κ2) is 5.35. The summed E-state index contributed by atoms with van der Waals surface area (Å²) in [6, 6.07) is 4.66. The van der Waals surface area contributed by atoms with Crippen molar-refractivity contribution < 1.29 is 14.0 Å². The van der Waals surface area contributed by atoms with E-state index >= 15 is 0 Å². The van der Waals surface area contributed by atoms with Crippen molar-refractivity contribution in [3.8, 4) is 0 Å². The van der Waals surface area contributed by atoms with Crippen LogP contribution < -0.4 is 5.32 Å². The van der Waals surface area contributed by atoms with Crippen molar-refractivity contribution in [3.05, 3.63) is 34.6 Å². The molecule has 1 aliphatic rings. The van der Waals surface area contributed by atoms with Gasteiger partial charge < -0.3 is 10.2 Å². The van der Waals surface area contributed by atoms with Gasteiger partial charge in [0.25, 0.3) is 0 Å². The maximum atomic E-state index is 13.7. The third kappa shape index (κ3) is 2.79. The fraction of sp³-hybridized carbons (Fsp3) is 0.333. The largest absolute Gasteiger partial charge is 0.347 e. The summed E-state index contributed by atoms with van der Waals surface area (Å²) >= 11 is 5.68. The molecule has 2 rings (SSSR count). The maximum absolute atomic E-state index is 13.7. The zero-order valence-electron chi connectivity index (χ0n) is 9.58. The van der Waals surface area contributed by atoms with E-state index in [1.54, 1.807) is 12.1 Å². The van der Waals surface area contributed by atoms with Crippen LogP contribution in [-0.2, 0) is 16.1 Å². The third-order valence-electron chi connectivity index (χ3n) is 2.79. The number of halogens is 2. The summed E-state index contributed by atoms with van der Waals surface area (Å²) in [5, 5.41) is 2.52. The number of hydrogen-bond acceptors (Lipinski definition) is 2. The van der Waals surface area contributed by atoms with Gasteiger partial charge in [-0.3, -0.25) is 9.59 Å². The number of amides is 2. The summed E-state index contributed by atoms with van der Waals surface area (Å²) in [6.07, 6.45) is 0.230. The second-order valence-electron chi connectivity index (χ2n) is 4.05. The first-order chi connectivity index (χ1) is 8.58. The Labute approximate surface area is 109 Å². The number of hydrogen-bond donors (Lipinski definition) is 1. The van der Waals surface area contributed by atoms with E-state index in [2.05, 4.69) is 5.32 Å². The summed E-state index contributed by atoms with van der Waals surface area (Å²) in [5.74, 6) is -0.909. The van der Waals surface area contributed by atoms with Crippen LogP contribution in [0.15, 0.2) is 18.2 Å². The van der Waals surface area contributed by atoms with Gasteiger partial charge >= 0.3 is 0 Å². The Balaban J connectivity index is 2.14. The molecular weight excluding hydrogens is 259 g/mol. The molecule has 0 bridgehead atoms. The van der Waals surface area contributed by atoms with Gasteiger partial charge in [0.15, 0.2) is 0 Å². The van der Waals surface area contributed by atoms with Gasteiger partial charge in [0.2, 0.25) is 11.8 Å². The van der Waals surface area contributed by atoms with Crippen LogP contribution in [0.3, 0.4) is 0 Å². The first-order valence-electron chi connectivity index (χ1n) is 5.55. The highest BCUT2D eigenvalue weighted by atomic mass is 35.5. The molecule has 0 atom stereocenters. The van der Waals surface area contributed by atoms with Crippen molar-refractivity contribution in [2.75, 3.05) is 13.1 Å². The van der Waals surface area contributed by atoms with Crippen LogP contribution in [0.1, 0.15) is 12.0 Å². The minimum Gasteiger partial charge on any atom is -0.347 e. The van der Waals surface area contributed by atoms with Gasteiger partial charge in [-0.25, -0.2) is 4.39 Å². The molecule has 1 heterocycles. The fourth-order valence-corrected chi connectivity index (χ4v) is 1.97. The summed E-state index contributed by atoms with van der Waals surface area (Å²) in [5.41, 5.74) is 0.352. The molecule has 0 radical (unpaired) electrons. The van der Waals surface area contributed by atoms with Gasteiger partial charge in [-0.2, -0.15) is 0 Å². The first-order valence-corrected chi connectivity index (χ1v) is 5.93. The van der Waals surface area contributed by atoms with E-state index in [-0.39, 0.29) is 42.9 Å². The fourth-order valence-electron chi connectivity index (χ4n) is 1.78. The number of nitrogens with zero attached hydrogens (tertiary/aromatic N) is 1. The molecule has 96 valence electrons. The number of nitrogens with one attached hydrogen (secondary N) is 1. The Morgan fingerprint density at radius 2 is 2.17 bits per heavy atom.